The van der Waals surface area contributed by atoms with E-state index in [0.717, 1.165) is 5.57 Å². The lowest BCUT2D eigenvalue weighted by Gasteiger charge is -2.28. The molecule has 60 valence electrons. The van der Waals surface area contributed by atoms with E-state index < -0.39 is 11.5 Å². The number of allylic oxidation sites excluding steroid dienone is 2. The Morgan fingerprint density at radius 2 is 2.36 bits per heavy atom. The van der Waals surface area contributed by atoms with Crippen LogP contribution in [-0.2, 0) is 4.79 Å². The predicted molar refractivity (Wildman–Crippen MR) is 42.1 cm³/mol. The Balaban J connectivity index is 2.97. The van der Waals surface area contributed by atoms with E-state index in [1.54, 1.807) is 32.2 Å². The van der Waals surface area contributed by atoms with Crippen molar-refractivity contribution in [1.29, 1.82) is 0 Å². The highest BCUT2D eigenvalue weighted by molar-refractivity contribution is 5.83. The van der Waals surface area contributed by atoms with Gasteiger partial charge in [0.15, 0.2) is 5.54 Å². The third kappa shape index (κ3) is 1.13. The molecule has 3 heteroatoms. The van der Waals surface area contributed by atoms with E-state index in [0.29, 0.717) is 0 Å². The summed E-state index contributed by atoms with van der Waals surface area (Å²) in [6.45, 7) is 3.44. The van der Waals surface area contributed by atoms with E-state index in [1.165, 1.54) is 0 Å². The van der Waals surface area contributed by atoms with E-state index in [2.05, 4.69) is 5.32 Å². The van der Waals surface area contributed by atoms with Gasteiger partial charge >= 0.3 is 5.97 Å². The summed E-state index contributed by atoms with van der Waals surface area (Å²) in [6.07, 6.45) is 5.23. The van der Waals surface area contributed by atoms with Gasteiger partial charge in [0.1, 0.15) is 0 Å². The zero-order valence-corrected chi connectivity index (χ0v) is 6.59. The maximum atomic E-state index is 10.7. The van der Waals surface area contributed by atoms with E-state index in [1.807, 2.05) is 0 Å². The summed E-state index contributed by atoms with van der Waals surface area (Å²) in [5.74, 6) is -0.851. The normalized spacial score (nSPS) is 29.1. The molecule has 3 nitrogen and oxygen atoms in total. The summed E-state index contributed by atoms with van der Waals surface area (Å²) in [5, 5.41) is 11.6. The highest BCUT2D eigenvalue weighted by atomic mass is 16.4. The molecule has 1 atom stereocenters. The van der Waals surface area contributed by atoms with Gasteiger partial charge in [0.05, 0.1) is 0 Å². The SMILES string of the molecule is CC1=CC=CNC1(C)C(=O)O. The molecule has 0 radical (unpaired) electrons. The topological polar surface area (TPSA) is 49.3 Å². The van der Waals surface area contributed by atoms with Crippen LogP contribution in [0.25, 0.3) is 0 Å². The molecule has 0 fully saturated rings. The summed E-state index contributed by atoms with van der Waals surface area (Å²) >= 11 is 0. The van der Waals surface area contributed by atoms with Crippen LogP contribution < -0.4 is 5.32 Å². The number of hydrogen-bond donors (Lipinski definition) is 2. The lowest BCUT2D eigenvalue weighted by molar-refractivity contribution is -0.142. The van der Waals surface area contributed by atoms with Crippen molar-refractivity contribution in [2.45, 2.75) is 19.4 Å². The molecule has 1 heterocycles. The van der Waals surface area contributed by atoms with Crippen LogP contribution in [0.5, 0.6) is 0 Å². The fourth-order valence-electron chi connectivity index (χ4n) is 0.918. The highest BCUT2D eigenvalue weighted by Gasteiger charge is 2.34. The van der Waals surface area contributed by atoms with Crippen molar-refractivity contribution in [3.8, 4) is 0 Å². The van der Waals surface area contributed by atoms with Crippen LogP contribution in [0.4, 0.5) is 0 Å². The number of dihydropyridines is 1. The molecule has 0 saturated heterocycles. The van der Waals surface area contributed by atoms with Crippen LogP contribution >= 0.6 is 0 Å². The maximum Gasteiger partial charge on any atom is 0.333 e. The molecule has 0 bridgehead atoms. The van der Waals surface area contributed by atoms with Crippen molar-refractivity contribution < 1.29 is 9.90 Å². The van der Waals surface area contributed by atoms with Gasteiger partial charge in [0.2, 0.25) is 0 Å². The molecule has 0 amide bonds. The fourth-order valence-corrected chi connectivity index (χ4v) is 0.918. The minimum atomic E-state index is -0.922. The molecule has 1 aliphatic rings. The van der Waals surface area contributed by atoms with Crippen molar-refractivity contribution >= 4 is 5.97 Å². The van der Waals surface area contributed by atoms with Crippen LogP contribution in [0.2, 0.25) is 0 Å². The van der Waals surface area contributed by atoms with Crippen LogP contribution in [0.3, 0.4) is 0 Å². The molecule has 1 unspecified atom stereocenters. The first-order valence-electron chi connectivity index (χ1n) is 3.42. The Morgan fingerprint density at radius 3 is 2.73 bits per heavy atom. The van der Waals surface area contributed by atoms with Crippen LogP contribution in [0.15, 0.2) is 23.9 Å². The largest absolute Gasteiger partial charge is 0.479 e. The first-order valence-corrected chi connectivity index (χ1v) is 3.42. The van der Waals surface area contributed by atoms with Gasteiger partial charge in [-0.15, -0.1) is 0 Å². The number of aliphatic carboxylic acids is 1. The molecule has 1 aliphatic heterocycles. The maximum absolute atomic E-state index is 10.7. The van der Waals surface area contributed by atoms with Crippen LogP contribution in [-0.4, -0.2) is 16.6 Å². The average molecular weight is 153 g/mol. The number of carboxylic acids is 1. The van der Waals surface area contributed by atoms with E-state index in [9.17, 15) is 4.79 Å². The Hall–Kier alpha value is -1.25. The lowest BCUT2D eigenvalue weighted by atomic mass is 9.91. The minimum Gasteiger partial charge on any atom is -0.479 e. The molecule has 0 aromatic rings. The highest BCUT2D eigenvalue weighted by Crippen LogP contribution is 2.18. The molecule has 0 saturated carbocycles. The zero-order chi connectivity index (χ0) is 8.48. The Labute approximate surface area is 65.4 Å². The minimum absolute atomic E-state index is 0.813. The molecular weight excluding hydrogens is 142 g/mol. The second kappa shape index (κ2) is 2.42. The molecule has 1 rings (SSSR count). The van der Waals surface area contributed by atoms with Crippen LogP contribution in [0.1, 0.15) is 13.8 Å². The van der Waals surface area contributed by atoms with Gasteiger partial charge in [0.25, 0.3) is 0 Å². The number of carboxylic acid groups (broad SMARTS) is 1. The number of carbonyl (C=O) groups is 1. The van der Waals surface area contributed by atoms with Crippen molar-refractivity contribution in [2.75, 3.05) is 0 Å². The van der Waals surface area contributed by atoms with Crippen molar-refractivity contribution in [3.63, 3.8) is 0 Å². The van der Waals surface area contributed by atoms with Gasteiger partial charge < -0.3 is 10.4 Å². The van der Waals surface area contributed by atoms with Gasteiger partial charge in [-0.2, -0.15) is 0 Å². The molecule has 0 spiro atoms. The summed E-state index contributed by atoms with van der Waals surface area (Å²) in [7, 11) is 0. The number of hydrogen-bond acceptors (Lipinski definition) is 2. The van der Waals surface area contributed by atoms with E-state index >= 15 is 0 Å². The third-order valence-electron chi connectivity index (χ3n) is 2.03. The zero-order valence-electron chi connectivity index (χ0n) is 6.59. The Bertz CT molecular complexity index is 242. The van der Waals surface area contributed by atoms with Gasteiger partial charge in [-0.05, 0) is 31.7 Å². The second-order valence-electron chi connectivity index (χ2n) is 2.78. The molecular formula is C8H11NO2. The van der Waals surface area contributed by atoms with Crippen molar-refractivity contribution in [3.05, 3.63) is 23.9 Å². The standard InChI is InChI=1S/C8H11NO2/c1-6-4-3-5-9-8(6,2)7(10)11/h3-5,9H,1-2H3,(H,10,11). The smallest absolute Gasteiger partial charge is 0.333 e. The van der Waals surface area contributed by atoms with Crippen molar-refractivity contribution in [2.24, 2.45) is 0 Å². The molecule has 0 aromatic carbocycles. The first-order chi connectivity index (χ1) is 5.07. The molecule has 0 aliphatic carbocycles. The van der Waals surface area contributed by atoms with Gasteiger partial charge in [-0.1, -0.05) is 6.08 Å². The van der Waals surface area contributed by atoms with Crippen molar-refractivity contribution in [1.82, 2.24) is 5.32 Å². The molecule has 11 heavy (non-hydrogen) atoms. The number of rotatable bonds is 1. The summed E-state index contributed by atoms with van der Waals surface area (Å²) in [5.41, 5.74) is -0.109. The van der Waals surface area contributed by atoms with Gasteiger partial charge in [-0.3, -0.25) is 0 Å². The fraction of sp³-hybridized carbons (Fsp3) is 0.375. The summed E-state index contributed by atoms with van der Waals surface area (Å²) in [6, 6.07) is 0. The summed E-state index contributed by atoms with van der Waals surface area (Å²) < 4.78 is 0. The summed E-state index contributed by atoms with van der Waals surface area (Å²) in [4.78, 5) is 10.7. The Morgan fingerprint density at radius 1 is 1.73 bits per heavy atom. The van der Waals surface area contributed by atoms with Crippen LogP contribution in [0, 0.1) is 0 Å². The third-order valence-corrected chi connectivity index (χ3v) is 2.03. The van der Waals surface area contributed by atoms with E-state index in [-0.39, 0.29) is 0 Å². The first kappa shape index (κ1) is 7.85. The van der Waals surface area contributed by atoms with Gasteiger partial charge in [-0.25, -0.2) is 4.79 Å². The van der Waals surface area contributed by atoms with E-state index in [4.69, 9.17) is 5.11 Å². The molecule has 0 aromatic heterocycles. The van der Waals surface area contributed by atoms with Gasteiger partial charge in [0, 0.05) is 0 Å². The molecule has 2 N–H and O–H groups in total. The predicted octanol–water partition coefficient (Wildman–Crippen LogP) is 0.893. The Kier molecular flexibility index (Phi) is 1.72. The average Bonchev–Trinajstić information content (AvgIpc) is 1.95. The second-order valence-corrected chi connectivity index (χ2v) is 2.78. The monoisotopic (exact) mass is 153 g/mol. The quantitative estimate of drug-likeness (QED) is 0.588. The lowest BCUT2D eigenvalue weighted by Crippen LogP contribution is -2.48. The number of nitrogens with one attached hydrogen (secondary N) is 1.